The summed E-state index contributed by atoms with van der Waals surface area (Å²) in [4.78, 5) is 3.43. The van der Waals surface area contributed by atoms with Crippen LogP contribution < -0.4 is 4.67 Å². The highest BCUT2D eigenvalue weighted by molar-refractivity contribution is 6.16. The number of nitrogens with one attached hydrogen (secondary N) is 1. The van der Waals surface area contributed by atoms with Crippen LogP contribution in [0.15, 0.2) is 182 Å². The fraction of sp³-hybridized carbons (Fsp3) is 0.0196. The minimum absolute atomic E-state index is 0.460. The van der Waals surface area contributed by atoms with Crippen molar-refractivity contribution in [3.8, 4) is 33.6 Å². The summed E-state index contributed by atoms with van der Waals surface area (Å²) in [5.74, 6) is 0. The van der Waals surface area contributed by atoms with Crippen molar-refractivity contribution in [2.24, 2.45) is 0 Å². The molecule has 0 unspecified atom stereocenters. The zero-order valence-corrected chi connectivity index (χ0v) is 29.8. The molecule has 10 aromatic rings. The van der Waals surface area contributed by atoms with Gasteiger partial charge in [0, 0.05) is 39.3 Å². The van der Waals surface area contributed by atoms with Gasteiger partial charge in [0.25, 0.3) is 0 Å². The molecule has 1 aliphatic heterocycles. The number of fused-ring (bicyclic) bond motifs is 10. The van der Waals surface area contributed by atoms with Crippen molar-refractivity contribution in [3.05, 3.63) is 216 Å². The minimum atomic E-state index is -0.460. The van der Waals surface area contributed by atoms with Crippen LogP contribution in [0.3, 0.4) is 0 Å². The molecule has 256 valence electrons. The highest BCUT2D eigenvalue weighted by atomic mass is 15.1. The fourth-order valence-electron chi connectivity index (χ4n) is 9.71. The fourth-order valence-corrected chi connectivity index (χ4v) is 9.71. The molecule has 12 rings (SSSR count). The Kier molecular flexibility index (Phi) is 6.19. The van der Waals surface area contributed by atoms with Gasteiger partial charge in [0.15, 0.2) is 0 Å². The smallest absolute Gasteiger partial charge is 0.317 e. The Morgan fingerprint density at radius 2 is 1.11 bits per heavy atom. The second-order valence-electron chi connectivity index (χ2n) is 14.6. The van der Waals surface area contributed by atoms with Crippen molar-refractivity contribution < 1.29 is 0 Å². The molecule has 4 heteroatoms. The zero-order chi connectivity index (χ0) is 36.1. The molecule has 4 heterocycles. The van der Waals surface area contributed by atoms with E-state index in [1.165, 1.54) is 77.3 Å². The number of H-pyrrole nitrogens is 1. The lowest BCUT2D eigenvalue weighted by Gasteiger charge is -2.33. The molecule has 0 saturated carbocycles. The van der Waals surface area contributed by atoms with Gasteiger partial charge in [-0.1, -0.05) is 144 Å². The Bertz CT molecular complexity index is 3170. The largest absolute Gasteiger partial charge is 0.347 e. The average molecular weight is 702 g/mol. The number of nitrogens with zero attached hydrogens (tertiary/aromatic N) is 3. The molecule has 4 nitrogen and oxygen atoms in total. The summed E-state index contributed by atoms with van der Waals surface area (Å²) in [6.07, 6.45) is 5.89. The maximum Gasteiger partial charge on any atom is 0.317 e. The topological polar surface area (TPSA) is 39.8 Å². The van der Waals surface area contributed by atoms with Gasteiger partial charge in [-0.25, -0.2) is 0 Å². The van der Waals surface area contributed by atoms with Gasteiger partial charge in [0.1, 0.15) is 11.3 Å². The molecule has 2 aliphatic rings. The van der Waals surface area contributed by atoms with Crippen LogP contribution in [0.4, 0.5) is 0 Å². The summed E-state index contributed by atoms with van der Waals surface area (Å²) in [6, 6.07) is 64.8. The molecule has 3 aromatic heterocycles. The van der Waals surface area contributed by atoms with Crippen molar-refractivity contribution in [2.45, 2.75) is 5.41 Å². The van der Waals surface area contributed by atoms with Gasteiger partial charge in [-0.05, 0) is 75.3 Å². The van der Waals surface area contributed by atoms with E-state index in [4.69, 9.17) is 0 Å². The molecular formula is C51H33N4+. The number of para-hydroxylation sites is 1. The first-order valence-corrected chi connectivity index (χ1v) is 18.9. The van der Waals surface area contributed by atoms with E-state index in [2.05, 4.69) is 195 Å². The van der Waals surface area contributed by atoms with Crippen molar-refractivity contribution in [1.82, 2.24) is 18.8 Å². The summed E-state index contributed by atoms with van der Waals surface area (Å²) in [7, 11) is 0. The summed E-state index contributed by atoms with van der Waals surface area (Å²) < 4.78 is 9.19. The number of hydrogen-bond acceptors (Lipinski definition) is 0. The first-order valence-electron chi connectivity index (χ1n) is 18.9. The summed E-state index contributed by atoms with van der Waals surface area (Å²) in [5, 5.41) is 3.71. The normalized spacial score (nSPS) is 13.5. The summed E-state index contributed by atoms with van der Waals surface area (Å²) in [5.41, 5.74) is 17.7. The Balaban J connectivity index is 1.04. The highest BCUT2D eigenvalue weighted by Gasteiger charge is 2.47. The second-order valence-corrected chi connectivity index (χ2v) is 14.6. The third-order valence-electron chi connectivity index (χ3n) is 12.0. The van der Waals surface area contributed by atoms with Gasteiger partial charge in [0.2, 0.25) is 0 Å². The first-order chi connectivity index (χ1) is 27.3. The lowest BCUT2D eigenvalue weighted by Crippen LogP contribution is -2.28. The molecule has 0 atom stereocenters. The van der Waals surface area contributed by atoms with Crippen molar-refractivity contribution >= 4 is 45.3 Å². The Labute approximate surface area is 317 Å². The highest BCUT2D eigenvalue weighted by Crippen LogP contribution is 2.58. The van der Waals surface area contributed by atoms with Crippen molar-refractivity contribution in [3.63, 3.8) is 0 Å². The predicted octanol–water partition coefficient (Wildman–Crippen LogP) is 11.0. The number of hydrogen-bond donors (Lipinski definition) is 1. The Morgan fingerprint density at radius 1 is 0.473 bits per heavy atom. The maximum atomic E-state index is 4.44. The van der Waals surface area contributed by atoms with Crippen molar-refractivity contribution in [2.75, 3.05) is 0 Å². The molecule has 55 heavy (non-hydrogen) atoms. The van der Waals surface area contributed by atoms with Crippen LogP contribution in [-0.4, -0.2) is 26.5 Å². The van der Waals surface area contributed by atoms with E-state index in [9.17, 15) is 0 Å². The molecule has 0 fully saturated rings. The molecule has 0 saturated heterocycles. The minimum Gasteiger partial charge on any atom is -0.347 e. The SMILES string of the molecule is C1=[N+]=Cc2c1c1cc[nH]c1n2-c1ccc(-c2ccc(-n3c4ccccc4c4ccc5c(c43)-c3ccccc3C5(c3ccccc3)c3ccccc3)cc2)cc1. The Hall–Kier alpha value is -7.39. The van der Waals surface area contributed by atoms with E-state index in [0.29, 0.717) is 0 Å². The number of benzene rings is 7. The summed E-state index contributed by atoms with van der Waals surface area (Å²) >= 11 is 0. The maximum absolute atomic E-state index is 4.44. The number of rotatable bonds is 5. The van der Waals surface area contributed by atoms with E-state index in [1.54, 1.807) is 0 Å². The van der Waals surface area contributed by atoms with E-state index < -0.39 is 5.41 Å². The number of aromatic amines is 1. The molecule has 1 N–H and O–H groups in total. The van der Waals surface area contributed by atoms with Crippen LogP contribution in [0, 0.1) is 0 Å². The zero-order valence-electron chi connectivity index (χ0n) is 29.8. The molecule has 1 aliphatic carbocycles. The van der Waals surface area contributed by atoms with Gasteiger partial charge in [-0.15, -0.1) is 0 Å². The standard InChI is InChI=1S/C51H32N4/c1-3-11-35(12-4-1)51(36-13-5-2-6-14-36)44-17-9-7-16-42(44)48-45(51)28-27-40-39-15-8-10-18-46(39)54(49(40)48)37-23-19-33(20-24-37)34-21-25-38(26-22-34)55-47-32-52-31-43(47)41-29-30-53-50(41)55/h1-32H/p+1. The van der Waals surface area contributed by atoms with Crippen LogP contribution in [0.2, 0.25) is 0 Å². The van der Waals surface area contributed by atoms with Gasteiger partial charge < -0.3 is 9.55 Å². The lowest BCUT2D eigenvalue weighted by molar-refractivity contribution is 0.769. The van der Waals surface area contributed by atoms with E-state index >= 15 is 0 Å². The molecular weight excluding hydrogens is 669 g/mol. The van der Waals surface area contributed by atoms with Gasteiger partial charge >= 0.3 is 12.4 Å². The Morgan fingerprint density at radius 3 is 1.84 bits per heavy atom. The third kappa shape index (κ3) is 4.04. The lowest BCUT2D eigenvalue weighted by atomic mass is 9.67. The molecule has 7 aromatic carbocycles. The van der Waals surface area contributed by atoms with Crippen LogP contribution in [0.1, 0.15) is 33.5 Å². The molecule has 0 spiro atoms. The third-order valence-corrected chi connectivity index (χ3v) is 12.0. The monoisotopic (exact) mass is 701 g/mol. The number of aromatic nitrogens is 3. The average Bonchev–Trinajstić information content (AvgIpc) is 4.08. The first kappa shape index (κ1) is 30.1. The van der Waals surface area contributed by atoms with Gasteiger partial charge in [0.05, 0.1) is 22.0 Å². The van der Waals surface area contributed by atoms with Crippen LogP contribution in [0.5, 0.6) is 0 Å². The van der Waals surface area contributed by atoms with Crippen molar-refractivity contribution in [1.29, 1.82) is 0 Å². The predicted molar refractivity (Wildman–Crippen MR) is 227 cm³/mol. The van der Waals surface area contributed by atoms with Crippen LogP contribution >= 0.6 is 0 Å². The second kappa shape index (κ2) is 11.3. The van der Waals surface area contributed by atoms with Gasteiger partial charge in [-0.2, -0.15) is 0 Å². The van der Waals surface area contributed by atoms with Gasteiger partial charge in [-0.3, -0.25) is 4.57 Å². The molecule has 0 radical (unpaired) electrons. The molecule has 0 bridgehead atoms. The van der Waals surface area contributed by atoms with E-state index in [0.717, 1.165) is 22.7 Å². The summed E-state index contributed by atoms with van der Waals surface area (Å²) in [6.45, 7) is 0. The molecule has 0 amide bonds. The van der Waals surface area contributed by atoms with E-state index in [-0.39, 0.29) is 0 Å². The van der Waals surface area contributed by atoms with E-state index in [1.807, 2.05) is 18.6 Å². The quantitative estimate of drug-likeness (QED) is 0.174. The van der Waals surface area contributed by atoms with Crippen LogP contribution in [0.25, 0.3) is 66.5 Å². The van der Waals surface area contributed by atoms with Crippen LogP contribution in [-0.2, 0) is 5.41 Å².